The Morgan fingerprint density at radius 1 is 1.06 bits per heavy atom. The van der Waals surface area contributed by atoms with Crippen molar-refractivity contribution >= 4 is 46.3 Å². The molecule has 0 fully saturated rings. The maximum atomic E-state index is 13.4. The van der Waals surface area contributed by atoms with Gasteiger partial charge in [-0.25, -0.2) is 4.68 Å². The number of halogens is 3. The molecular formula is C26H20Cl3N5O. The van der Waals surface area contributed by atoms with E-state index in [2.05, 4.69) is 11.2 Å². The SMILES string of the molecule is Cc1nn(-c2cccc(Cl)c2)c(Cl)c1C1C(C#N)=C(N)N(c2ccc(Cl)cc2)C2=C1C(=O)CCC2. The molecule has 5 rings (SSSR count). The molecule has 0 bridgehead atoms. The lowest BCUT2D eigenvalue weighted by Crippen LogP contribution is -2.38. The summed E-state index contributed by atoms with van der Waals surface area (Å²) in [4.78, 5) is 15.2. The largest absolute Gasteiger partial charge is 0.384 e. The standard InChI is InChI=1S/C26H20Cl3N5O/c1-14-22(25(29)34(32-14)18-5-2-4-16(28)12-18)23-19(13-30)26(31)33(17-10-8-15(27)9-11-17)20-6-3-7-21(35)24(20)23/h2,4-5,8-12,23H,3,6-7,31H2,1H3. The summed E-state index contributed by atoms with van der Waals surface area (Å²) in [7, 11) is 0. The number of ketones is 1. The van der Waals surface area contributed by atoms with E-state index in [1.54, 1.807) is 39.9 Å². The Bertz CT molecular complexity index is 1460. The zero-order valence-corrected chi connectivity index (χ0v) is 21.0. The first-order valence-corrected chi connectivity index (χ1v) is 12.2. The summed E-state index contributed by atoms with van der Waals surface area (Å²) in [6, 6.07) is 16.6. The van der Waals surface area contributed by atoms with Crippen molar-refractivity contribution in [1.29, 1.82) is 5.26 Å². The zero-order valence-electron chi connectivity index (χ0n) is 18.7. The van der Waals surface area contributed by atoms with E-state index in [4.69, 9.17) is 40.5 Å². The number of nitriles is 1. The van der Waals surface area contributed by atoms with Gasteiger partial charge in [-0.1, -0.05) is 40.9 Å². The molecule has 6 nitrogen and oxygen atoms in total. The number of hydrogen-bond donors (Lipinski definition) is 1. The fourth-order valence-corrected chi connectivity index (χ4v) is 5.57. The van der Waals surface area contributed by atoms with Crippen LogP contribution in [0.4, 0.5) is 5.69 Å². The summed E-state index contributed by atoms with van der Waals surface area (Å²) in [6.07, 6.45) is 1.72. The zero-order chi connectivity index (χ0) is 24.9. The van der Waals surface area contributed by atoms with Gasteiger partial charge in [0.25, 0.3) is 0 Å². The molecule has 2 aromatic carbocycles. The molecule has 0 saturated carbocycles. The molecule has 35 heavy (non-hydrogen) atoms. The fraction of sp³-hybridized carbons (Fsp3) is 0.192. The molecule has 0 spiro atoms. The Morgan fingerprint density at radius 2 is 1.80 bits per heavy atom. The second kappa shape index (κ2) is 9.09. The Balaban J connectivity index is 1.74. The molecule has 3 aromatic rings. The van der Waals surface area contributed by atoms with Crippen molar-refractivity contribution in [2.75, 3.05) is 4.90 Å². The minimum atomic E-state index is -0.716. The number of carbonyl (C=O) groups is 1. The summed E-state index contributed by atoms with van der Waals surface area (Å²) in [5.74, 6) is -0.479. The van der Waals surface area contributed by atoms with Crippen molar-refractivity contribution in [3.05, 3.63) is 97.7 Å². The highest BCUT2D eigenvalue weighted by Gasteiger charge is 2.42. The van der Waals surface area contributed by atoms with Crippen molar-refractivity contribution < 1.29 is 4.79 Å². The molecule has 9 heteroatoms. The molecule has 0 amide bonds. The third-order valence-electron chi connectivity index (χ3n) is 6.39. The van der Waals surface area contributed by atoms with Crippen LogP contribution in [-0.4, -0.2) is 15.6 Å². The Hall–Kier alpha value is -3.24. The monoisotopic (exact) mass is 523 g/mol. The van der Waals surface area contributed by atoms with Gasteiger partial charge in [-0.15, -0.1) is 0 Å². The molecular weight excluding hydrogens is 505 g/mol. The number of benzene rings is 2. The molecule has 1 aliphatic heterocycles. The Labute approximate surface area is 217 Å². The van der Waals surface area contributed by atoms with Crippen LogP contribution in [0.5, 0.6) is 0 Å². The lowest BCUT2D eigenvalue weighted by molar-refractivity contribution is -0.116. The fourth-order valence-electron chi connectivity index (χ4n) is 4.88. The molecule has 2 aliphatic rings. The van der Waals surface area contributed by atoms with Crippen LogP contribution in [0.15, 0.2) is 71.2 Å². The minimum Gasteiger partial charge on any atom is -0.384 e. The quantitative estimate of drug-likeness (QED) is 0.426. The van der Waals surface area contributed by atoms with Gasteiger partial charge in [-0.05, 0) is 62.2 Å². The second-order valence-electron chi connectivity index (χ2n) is 8.47. The number of carbonyl (C=O) groups excluding carboxylic acids is 1. The predicted octanol–water partition coefficient (Wildman–Crippen LogP) is 6.45. The maximum Gasteiger partial charge on any atom is 0.161 e. The van der Waals surface area contributed by atoms with Gasteiger partial charge in [-0.2, -0.15) is 10.4 Å². The third-order valence-corrected chi connectivity index (χ3v) is 7.24. The van der Waals surface area contributed by atoms with Gasteiger partial charge in [-0.3, -0.25) is 9.69 Å². The van der Waals surface area contributed by atoms with E-state index in [9.17, 15) is 10.1 Å². The van der Waals surface area contributed by atoms with E-state index in [1.165, 1.54) is 0 Å². The molecule has 2 heterocycles. The van der Waals surface area contributed by atoms with Crippen LogP contribution < -0.4 is 10.6 Å². The predicted molar refractivity (Wildman–Crippen MR) is 138 cm³/mol. The number of rotatable bonds is 3. The van der Waals surface area contributed by atoms with Crippen LogP contribution in [0, 0.1) is 18.3 Å². The van der Waals surface area contributed by atoms with E-state index in [-0.39, 0.29) is 17.2 Å². The van der Waals surface area contributed by atoms with Crippen molar-refractivity contribution in [3.63, 3.8) is 0 Å². The highest BCUT2D eigenvalue weighted by atomic mass is 35.5. The molecule has 1 aromatic heterocycles. The minimum absolute atomic E-state index is 0.0264. The molecule has 176 valence electrons. The molecule has 0 saturated heterocycles. The number of allylic oxidation sites excluding steroid dienone is 3. The summed E-state index contributed by atoms with van der Waals surface area (Å²) >= 11 is 19.2. The van der Waals surface area contributed by atoms with Crippen LogP contribution in [0.1, 0.15) is 36.4 Å². The summed E-state index contributed by atoms with van der Waals surface area (Å²) in [5, 5.41) is 16.3. The highest BCUT2D eigenvalue weighted by Crippen LogP contribution is 2.48. The summed E-state index contributed by atoms with van der Waals surface area (Å²) < 4.78 is 1.57. The second-order valence-corrected chi connectivity index (χ2v) is 9.71. The molecule has 1 aliphatic carbocycles. The number of aryl methyl sites for hydroxylation is 1. The Morgan fingerprint density at radius 3 is 2.49 bits per heavy atom. The summed E-state index contributed by atoms with van der Waals surface area (Å²) in [5.41, 5.74) is 10.8. The van der Waals surface area contributed by atoms with E-state index in [0.29, 0.717) is 57.0 Å². The van der Waals surface area contributed by atoms with Crippen LogP contribution >= 0.6 is 34.8 Å². The first kappa shape index (κ1) is 23.5. The molecule has 1 atom stereocenters. The highest BCUT2D eigenvalue weighted by molar-refractivity contribution is 6.31. The third kappa shape index (κ3) is 3.90. The van der Waals surface area contributed by atoms with E-state index in [0.717, 1.165) is 11.4 Å². The first-order chi connectivity index (χ1) is 16.8. The number of Topliss-reactive ketones (excluding diaryl/α,β-unsaturated/α-hetero) is 1. The molecule has 2 N–H and O–H groups in total. The van der Waals surface area contributed by atoms with E-state index in [1.807, 2.05) is 25.1 Å². The smallest absolute Gasteiger partial charge is 0.161 e. The molecule has 0 radical (unpaired) electrons. The van der Waals surface area contributed by atoms with Crippen molar-refractivity contribution in [2.24, 2.45) is 5.73 Å². The van der Waals surface area contributed by atoms with Crippen LogP contribution in [0.3, 0.4) is 0 Å². The van der Waals surface area contributed by atoms with Crippen LogP contribution in [0.25, 0.3) is 5.69 Å². The van der Waals surface area contributed by atoms with Gasteiger partial charge in [0, 0.05) is 39.0 Å². The van der Waals surface area contributed by atoms with E-state index < -0.39 is 5.92 Å². The lowest BCUT2D eigenvalue weighted by atomic mass is 9.75. The van der Waals surface area contributed by atoms with Crippen molar-refractivity contribution in [1.82, 2.24) is 9.78 Å². The van der Waals surface area contributed by atoms with Gasteiger partial charge in [0.2, 0.25) is 0 Å². The number of hydrogen-bond acceptors (Lipinski definition) is 5. The first-order valence-electron chi connectivity index (χ1n) is 11.0. The number of anilines is 1. The Kier molecular flexibility index (Phi) is 6.10. The van der Waals surface area contributed by atoms with Crippen LogP contribution in [0.2, 0.25) is 15.2 Å². The average Bonchev–Trinajstić information content (AvgIpc) is 3.13. The number of aromatic nitrogens is 2. The number of nitrogens with zero attached hydrogens (tertiary/aromatic N) is 4. The summed E-state index contributed by atoms with van der Waals surface area (Å²) in [6.45, 7) is 1.81. The van der Waals surface area contributed by atoms with Crippen molar-refractivity contribution in [3.8, 4) is 11.8 Å². The lowest BCUT2D eigenvalue weighted by Gasteiger charge is -2.39. The number of nitrogens with two attached hydrogens (primary N) is 1. The van der Waals surface area contributed by atoms with Gasteiger partial charge in [0.05, 0.1) is 28.9 Å². The average molecular weight is 525 g/mol. The van der Waals surface area contributed by atoms with Crippen molar-refractivity contribution in [2.45, 2.75) is 32.1 Å². The molecule has 1 unspecified atom stereocenters. The van der Waals surface area contributed by atoms with Gasteiger partial charge < -0.3 is 5.73 Å². The normalized spacial score (nSPS) is 18.1. The van der Waals surface area contributed by atoms with Gasteiger partial charge >= 0.3 is 0 Å². The van der Waals surface area contributed by atoms with Crippen LogP contribution in [-0.2, 0) is 4.79 Å². The van der Waals surface area contributed by atoms with E-state index >= 15 is 0 Å². The topological polar surface area (TPSA) is 87.9 Å². The maximum absolute atomic E-state index is 13.4. The van der Waals surface area contributed by atoms with Gasteiger partial charge in [0.15, 0.2) is 5.78 Å². The van der Waals surface area contributed by atoms with Gasteiger partial charge in [0.1, 0.15) is 11.0 Å².